The summed E-state index contributed by atoms with van der Waals surface area (Å²) in [6, 6.07) is 1.41. The Morgan fingerprint density at radius 1 is 1.22 bits per heavy atom. The standard InChI is InChI=1S/C18H26N4O5/c1-12(23)21-4-6-22(7-5-21)17(24)9-13-2-3-19-11-14(13)8-15-10-16(18(25)26)27-20-15/h10,13-14,19H,2-9,11H2,1H3,(H,25,26)/t13-,14-/m0/s1. The molecule has 2 fully saturated rings. The number of nitrogens with two attached hydrogens (primary N) is 1. The third-order valence-electron chi connectivity index (χ3n) is 5.62. The van der Waals surface area contributed by atoms with Gasteiger partial charge < -0.3 is 29.5 Å². The van der Waals surface area contributed by atoms with Crippen LogP contribution in [0.2, 0.25) is 0 Å². The molecule has 3 rings (SSSR count). The summed E-state index contributed by atoms with van der Waals surface area (Å²) in [5.74, 6) is -0.988. The lowest BCUT2D eigenvalue weighted by Gasteiger charge is -2.36. The van der Waals surface area contributed by atoms with Crippen LogP contribution in [0.5, 0.6) is 0 Å². The van der Waals surface area contributed by atoms with Gasteiger partial charge in [0.25, 0.3) is 0 Å². The number of piperidine rings is 1. The molecule has 148 valence electrons. The van der Waals surface area contributed by atoms with Crippen molar-refractivity contribution >= 4 is 17.8 Å². The second-order valence-electron chi connectivity index (χ2n) is 7.39. The van der Waals surface area contributed by atoms with E-state index in [1.165, 1.54) is 6.07 Å². The molecule has 3 heterocycles. The number of aromatic carboxylic acids is 1. The van der Waals surface area contributed by atoms with E-state index in [0.717, 1.165) is 19.5 Å². The summed E-state index contributed by atoms with van der Waals surface area (Å²) < 4.78 is 4.78. The Hall–Kier alpha value is -2.42. The number of amides is 2. The molecule has 2 aliphatic rings. The SMILES string of the molecule is CC(=O)N1CCN(C(=O)C[C@@H]2CC[NH2+]C[C@@H]2Cc2cc(C(=O)[O-])on2)CC1. The minimum Gasteiger partial charge on any atom is -0.541 e. The zero-order valence-electron chi connectivity index (χ0n) is 15.6. The smallest absolute Gasteiger partial charge is 0.222 e. The molecule has 1 aromatic rings. The normalized spacial score (nSPS) is 23.3. The number of carbonyl (C=O) groups is 3. The zero-order chi connectivity index (χ0) is 19.4. The van der Waals surface area contributed by atoms with Crippen molar-refractivity contribution in [3.05, 3.63) is 17.5 Å². The molecule has 0 bridgehead atoms. The van der Waals surface area contributed by atoms with Crippen molar-refractivity contribution in [2.75, 3.05) is 39.3 Å². The summed E-state index contributed by atoms with van der Waals surface area (Å²) in [7, 11) is 0. The average Bonchev–Trinajstić information content (AvgIpc) is 3.12. The molecule has 1 aromatic heterocycles. The van der Waals surface area contributed by atoms with Gasteiger partial charge in [0.1, 0.15) is 5.97 Å². The topological polar surface area (TPSA) is 123 Å². The van der Waals surface area contributed by atoms with Crippen molar-refractivity contribution in [3.8, 4) is 0 Å². The number of piperazine rings is 1. The zero-order valence-corrected chi connectivity index (χ0v) is 15.6. The molecule has 27 heavy (non-hydrogen) atoms. The molecule has 9 nitrogen and oxygen atoms in total. The van der Waals surface area contributed by atoms with Gasteiger partial charge in [-0.3, -0.25) is 9.59 Å². The molecule has 0 radical (unpaired) electrons. The highest BCUT2D eigenvalue weighted by Crippen LogP contribution is 2.25. The minimum atomic E-state index is -1.37. The molecular weight excluding hydrogens is 352 g/mol. The first-order valence-corrected chi connectivity index (χ1v) is 9.46. The van der Waals surface area contributed by atoms with Gasteiger partial charge in [0.15, 0.2) is 5.76 Å². The Morgan fingerprint density at radius 2 is 1.93 bits per heavy atom. The summed E-state index contributed by atoms with van der Waals surface area (Å²) in [6.45, 7) is 5.76. The average molecular weight is 378 g/mol. The summed E-state index contributed by atoms with van der Waals surface area (Å²) in [5, 5.41) is 16.9. The van der Waals surface area contributed by atoms with Crippen LogP contribution in [0.3, 0.4) is 0 Å². The fourth-order valence-corrected chi connectivity index (χ4v) is 4.01. The van der Waals surface area contributed by atoms with Crippen molar-refractivity contribution in [2.24, 2.45) is 11.8 Å². The maximum absolute atomic E-state index is 12.7. The van der Waals surface area contributed by atoms with Crippen molar-refractivity contribution in [2.45, 2.75) is 26.2 Å². The molecule has 0 unspecified atom stereocenters. The van der Waals surface area contributed by atoms with E-state index in [2.05, 4.69) is 10.5 Å². The second-order valence-corrected chi connectivity index (χ2v) is 7.39. The van der Waals surface area contributed by atoms with Gasteiger partial charge in [0, 0.05) is 64.3 Å². The van der Waals surface area contributed by atoms with E-state index >= 15 is 0 Å². The van der Waals surface area contributed by atoms with E-state index in [-0.39, 0.29) is 29.4 Å². The van der Waals surface area contributed by atoms with Crippen LogP contribution < -0.4 is 10.4 Å². The van der Waals surface area contributed by atoms with E-state index in [1.807, 2.05) is 4.90 Å². The highest BCUT2D eigenvalue weighted by Gasteiger charge is 2.32. The molecule has 0 aliphatic carbocycles. The predicted octanol–water partition coefficient (Wildman–Crippen LogP) is -2.14. The van der Waals surface area contributed by atoms with Crippen molar-refractivity contribution in [1.29, 1.82) is 0 Å². The fourth-order valence-electron chi connectivity index (χ4n) is 4.01. The Morgan fingerprint density at radius 3 is 2.56 bits per heavy atom. The highest BCUT2D eigenvalue weighted by atomic mass is 16.5. The monoisotopic (exact) mass is 378 g/mol. The third kappa shape index (κ3) is 4.85. The summed E-state index contributed by atoms with van der Waals surface area (Å²) in [6.07, 6.45) is 2.00. The van der Waals surface area contributed by atoms with E-state index in [4.69, 9.17) is 4.52 Å². The van der Waals surface area contributed by atoms with Crippen molar-refractivity contribution in [1.82, 2.24) is 15.0 Å². The number of rotatable bonds is 5. The lowest BCUT2D eigenvalue weighted by atomic mass is 9.81. The molecule has 2 N–H and O–H groups in total. The Bertz CT molecular complexity index is 696. The van der Waals surface area contributed by atoms with Gasteiger partial charge in [-0.05, 0) is 5.92 Å². The Kier molecular flexibility index (Phi) is 6.10. The summed E-state index contributed by atoms with van der Waals surface area (Å²) in [5.41, 5.74) is 0.585. The number of aromatic nitrogens is 1. The van der Waals surface area contributed by atoms with E-state index in [9.17, 15) is 19.5 Å². The van der Waals surface area contributed by atoms with Gasteiger partial charge in [-0.1, -0.05) is 5.16 Å². The summed E-state index contributed by atoms with van der Waals surface area (Å²) in [4.78, 5) is 38.6. The number of carboxylic acid groups (broad SMARTS) is 1. The Labute approximate surface area is 157 Å². The molecule has 2 saturated heterocycles. The largest absolute Gasteiger partial charge is 0.541 e. The quantitative estimate of drug-likeness (QED) is 0.624. The van der Waals surface area contributed by atoms with Gasteiger partial charge >= 0.3 is 0 Å². The van der Waals surface area contributed by atoms with Crippen LogP contribution >= 0.6 is 0 Å². The molecule has 2 amide bonds. The van der Waals surface area contributed by atoms with E-state index in [1.54, 1.807) is 11.8 Å². The first-order valence-electron chi connectivity index (χ1n) is 9.46. The van der Waals surface area contributed by atoms with Crippen LogP contribution in [-0.2, 0) is 16.0 Å². The van der Waals surface area contributed by atoms with Crippen LogP contribution in [0.4, 0.5) is 0 Å². The van der Waals surface area contributed by atoms with E-state index in [0.29, 0.717) is 44.7 Å². The molecule has 0 saturated carbocycles. The molecule has 0 aromatic carbocycles. The lowest BCUT2D eigenvalue weighted by molar-refractivity contribution is -0.672. The second kappa shape index (κ2) is 8.51. The number of hydrogen-bond acceptors (Lipinski definition) is 6. The number of carbonyl (C=O) groups excluding carboxylic acids is 3. The van der Waals surface area contributed by atoms with Crippen LogP contribution in [-0.4, -0.2) is 72.0 Å². The van der Waals surface area contributed by atoms with Gasteiger partial charge in [-0.25, -0.2) is 0 Å². The number of carboxylic acids is 1. The minimum absolute atomic E-state index is 0.0496. The predicted molar refractivity (Wildman–Crippen MR) is 91.2 cm³/mol. The fraction of sp³-hybridized carbons (Fsp3) is 0.667. The van der Waals surface area contributed by atoms with Crippen LogP contribution in [0, 0.1) is 11.8 Å². The Balaban J connectivity index is 1.56. The highest BCUT2D eigenvalue weighted by molar-refractivity contribution is 5.82. The maximum atomic E-state index is 12.7. The van der Waals surface area contributed by atoms with Gasteiger partial charge in [0.05, 0.1) is 18.8 Å². The lowest BCUT2D eigenvalue weighted by Crippen LogP contribution is -2.88. The van der Waals surface area contributed by atoms with Crippen LogP contribution in [0.1, 0.15) is 36.0 Å². The van der Waals surface area contributed by atoms with Gasteiger partial charge in [0.2, 0.25) is 11.8 Å². The van der Waals surface area contributed by atoms with E-state index < -0.39 is 5.97 Å². The first-order chi connectivity index (χ1) is 12.9. The van der Waals surface area contributed by atoms with Gasteiger partial charge in [-0.2, -0.15) is 0 Å². The third-order valence-corrected chi connectivity index (χ3v) is 5.62. The van der Waals surface area contributed by atoms with Gasteiger partial charge in [-0.15, -0.1) is 0 Å². The van der Waals surface area contributed by atoms with Crippen molar-refractivity contribution < 1.29 is 29.3 Å². The molecular formula is C18H26N4O5. The van der Waals surface area contributed by atoms with Crippen LogP contribution in [0.15, 0.2) is 10.6 Å². The number of nitrogens with zero attached hydrogens (tertiary/aromatic N) is 3. The summed E-state index contributed by atoms with van der Waals surface area (Å²) >= 11 is 0. The number of hydrogen-bond donors (Lipinski definition) is 1. The molecule has 9 heteroatoms. The molecule has 2 atom stereocenters. The van der Waals surface area contributed by atoms with Crippen LogP contribution in [0.25, 0.3) is 0 Å². The number of quaternary nitrogens is 1. The molecule has 2 aliphatic heterocycles. The molecule has 0 spiro atoms. The first kappa shape index (κ1) is 19.3. The van der Waals surface area contributed by atoms with Crippen molar-refractivity contribution in [3.63, 3.8) is 0 Å². The maximum Gasteiger partial charge on any atom is 0.222 e.